The van der Waals surface area contributed by atoms with Crippen LogP contribution in [0.25, 0.3) is 0 Å². The standard InChI is InChI=1S/C19H30N2/c1-4-8-15(2)21-14-19(3,17-9-6-5-7-10-17)20-13-18(21)16-11-12-16/h5-7,9-10,15-16,18,20H,4,8,11-14H2,1-3H3. The molecule has 3 unspecified atom stereocenters. The maximum atomic E-state index is 3.87. The van der Waals surface area contributed by atoms with Crippen LogP contribution in [0, 0.1) is 5.92 Å². The predicted molar refractivity (Wildman–Crippen MR) is 89.4 cm³/mol. The molecule has 21 heavy (non-hydrogen) atoms. The summed E-state index contributed by atoms with van der Waals surface area (Å²) in [5.74, 6) is 0.942. The Morgan fingerprint density at radius 3 is 2.62 bits per heavy atom. The van der Waals surface area contributed by atoms with Crippen molar-refractivity contribution in [2.45, 2.75) is 64.1 Å². The van der Waals surface area contributed by atoms with Crippen LogP contribution in [-0.2, 0) is 5.54 Å². The molecular weight excluding hydrogens is 256 g/mol. The highest BCUT2D eigenvalue weighted by atomic mass is 15.3. The second kappa shape index (κ2) is 6.10. The molecule has 1 saturated carbocycles. The number of hydrogen-bond donors (Lipinski definition) is 1. The quantitative estimate of drug-likeness (QED) is 0.886. The molecule has 2 fully saturated rings. The van der Waals surface area contributed by atoms with Crippen LogP contribution in [0.15, 0.2) is 30.3 Å². The summed E-state index contributed by atoms with van der Waals surface area (Å²) in [6, 6.07) is 12.4. The van der Waals surface area contributed by atoms with Crippen LogP contribution < -0.4 is 5.32 Å². The van der Waals surface area contributed by atoms with Gasteiger partial charge in [-0.25, -0.2) is 0 Å². The van der Waals surface area contributed by atoms with Crippen LogP contribution in [0.4, 0.5) is 0 Å². The van der Waals surface area contributed by atoms with E-state index in [0.717, 1.165) is 25.0 Å². The van der Waals surface area contributed by atoms with E-state index in [1.54, 1.807) is 0 Å². The van der Waals surface area contributed by atoms with Crippen LogP contribution in [-0.4, -0.2) is 30.1 Å². The second-order valence-electron chi connectivity index (χ2n) is 7.29. The molecule has 0 bridgehead atoms. The molecule has 2 aliphatic rings. The van der Waals surface area contributed by atoms with Crippen LogP contribution in [0.3, 0.4) is 0 Å². The average Bonchev–Trinajstić information content (AvgIpc) is 3.33. The van der Waals surface area contributed by atoms with E-state index in [0.29, 0.717) is 6.04 Å². The first-order valence-corrected chi connectivity index (χ1v) is 8.70. The Bertz CT molecular complexity index is 454. The lowest BCUT2D eigenvalue weighted by Gasteiger charge is -2.49. The van der Waals surface area contributed by atoms with E-state index < -0.39 is 0 Å². The molecule has 1 aliphatic heterocycles. The fraction of sp³-hybridized carbons (Fsp3) is 0.684. The lowest BCUT2D eigenvalue weighted by atomic mass is 9.86. The van der Waals surface area contributed by atoms with E-state index in [-0.39, 0.29) is 5.54 Å². The molecule has 116 valence electrons. The van der Waals surface area contributed by atoms with Crippen molar-refractivity contribution >= 4 is 0 Å². The Labute approximate surface area is 129 Å². The van der Waals surface area contributed by atoms with E-state index in [2.05, 4.69) is 61.3 Å². The molecule has 3 rings (SSSR count). The highest BCUT2D eigenvalue weighted by Gasteiger charge is 2.44. The van der Waals surface area contributed by atoms with Gasteiger partial charge in [-0.2, -0.15) is 0 Å². The van der Waals surface area contributed by atoms with Crippen molar-refractivity contribution in [3.63, 3.8) is 0 Å². The minimum absolute atomic E-state index is 0.0919. The zero-order chi connectivity index (χ0) is 14.9. The third kappa shape index (κ3) is 3.17. The van der Waals surface area contributed by atoms with E-state index in [1.165, 1.54) is 31.2 Å². The first-order valence-electron chi connectivity index (χ1n) is 8.70. The molecule has 2 nitrogen and oxygen atoms in total. The molecule has 1 aromatic carbocycles. The number of hydrogen-bond acceptors (Lipinski definition) is 2. The summed E-state index contributed by atoms with van der Waals surface area (Å²) in [6.07, 6.45) is 5.46. The molecule has 0 spiro atoms. The first-order chi connectivity index (χ1) is 10.1. The zero-order valence-electron chi connectivity index (χ0n) is 13.8. The Kier molecular flexibility index (Phi) is 4.37. The Morgan fingerprint density at radius 2 is 2.00 bits per heavy atom. The molecule has 1 aromatic rings. The number of benzene rings is 1. The molecule has 1 aliphatic carbocycles. The SMILES string of the molecule is CCCC(C)N1CC(C)(c2ccccc2)NCC1C1CC1. The van der Waals surface area contributed by atoms with Crippen LogP contribution >= 0.6 is 0 Å². The van der Waals surface area contributed by atoms with Gasteiger partial charge < -0.3 is 5.32 Å². The first kappa shape index (κ1) is 15.1. The van der Waals surface area contributed by atoms with Gasteiger partial charge in [-0.3, -0.25) is 4.90 Å². The summed E-state index contributed by atoms with van der Waals surface area (Å²) < 4.78 is 0. The fourth-order valence-corrected chi connectivity index (χ4v) is 3.97. The fourth-order valence-electron chi connectivity index (χ4n) is 3.97. The largest absolute Gasteiger partial charge is 0.305 e. The number of nitrogens with one attached hydrogen (secondary N) is 1. The topological polar surface area (TPSA) is 15.3 Å². The summed E-state index contributed by atoms with van der Waals surface area (Å²) in [5, 5.41) is 3.87. The number of rotatable bonds is 5. The minimum atomic E-state index is 0.0919. The minimum Gasteiger partial charge on any atom is -0.305 e. The molecule has 0 aromatic heterocycles. The lowest BCUT2D eigenvalue weighted by Crippen LogP contribution is -2.63. The van der Waals surface area contributed by atoms with E-state index in [1.807, 2.05) is 0 Å². The summed E-state index contributed by atoms with van der Waals surface area (Å²) in [6.45, 7) is 9.39. The summed E-state index contributed by atoms with van der Waals surface area (Å²) in [4.78, 5) is 2.81. The normalized spacial score (nSPS) is 32.0. The van der Waals surface area contributed by atoms with Crippen molar-refractivity contribution in [2.24, 2.45) is 5.92 Å². The Balaban J connectivity index is 1.80. The highest BCUT2D eigenvalue weighted by Crippen LogP contribution is 2.40. The van der Waals surface area contributed by atoms with Crippen molar-refractivity contribution in [3.8, 4) is 0 Å². The average molecular weight is 286 g/mol. The van der Waals surface area contributed by atoms with Gasteiger partial charge in [0.2, 0.25) is 0 Å². The van der Waals surface area contributed by atoms with Crippen LogP contribution in [0.1, 0.15) is 52.0 Å². The molecule has 1 saturated heterocycles. The monoisotopic (exact) mass is 286 g/mol. The predicted octanol–water partition coefficient (Wildman–Crippen LogP) is 3.77. The van der Waals surface area contributed by atoms with Crippen LogP contribution in [0.2, 0.25) is 0 Å². The molecule has 0 radical (unpaired) electrons. The van der Waals surface area contributed by atoms with Crippen molar-refractivity contribution in [1.82, 2.24) is 10.2 Å². The van der Waals surface area contributed by atoms with Crippen molar-refractivity contribution in [1.29, 1.82) is 0 Å². The van der Waals surface area contributed by atoms with Crippen molar-refractivity contribution in [2.75, 3.05) is 13.1 Å². The van der Waals surface area contributed by atoms with Gasteiger partial charge >= 0.3 is 0 Å². The van der Waals surface area contributed by atoms with Crippen LogP contribution in [0.5, 0.6) is 0 Å². The Hall–Kier alpha value is -0.860. The van der Waals surface area contributed by atoms with Gasteiger partial charge in [0.05, 0.1) is 5.54 Å². The molecule has 1 heterocycles. The van der Waals surface area contributed by atoms with Gasteiger partial charge in [0.1, 0.15) is 0 Å². The van der Waals surface area contributed by atoms with Crippen molar-refractivity contribution in [3.05, 3.63) is 35.9 Å². The van der Waals surface area contributed by atoms with E-state index in [4.69, 9.17) is 0 Å². The molecule has 2 heteroatoms. The molecule has 1 N–H and O–H groups in total. The van der Waals surface area contributed by atoms with Gasteiger partial charge in [0.25, 0.3) is 0 Å². The van der Waals surface area contributed by atoms with Crippen molar-refractivity contribution < 1.29 is 0 Å². The second-order valence-corrected chi connectivity index (χ2v) is 7.29. The molecular formula is C19H30N2. The molecule has 0 amide bonds. The summed E-state index contributed by atoms with van der Waals surface area (Å²) >= 11 is 0. The van der Waals surface area contributed by atoms with Gasteiger partial charge in [0.15, 0.2) is 0 Å². The van der Waals surface area contributed by atoms with Gasteiger partial charge in [-0.05, 0) is 44.6 Å². The van der Waals surface area contributed by atoms with E-state index >= 15 is 0 Å². The van der Waals surface area contributed by atoms with Gasteiger partial charge in [-0.15, -0.1) is 0 Å². The Morgan fingerprint density at radius 1 is 1.29 bits per heavy atom. The zero-order valence-corrected chi connectivity index (χ0v) is 13.8. The number of piperazine rings is 1. The maximum Gasteiger partial charge on any atom is 0.0535 e. The third-order valence-electron chi connectivity index (χ3n) is 5.48. The lowest BCUT2D eigenvalue weighted by molar-refractivity contribution is 0.0383. The maximum absolute atomic E-state index is 3.87. The summed E-state index contributed by atoms with van der Waals surface area (Å²) in [5.41, 5.74) is 1.52. The van der Waals surface area contributed by atoms with E-state index in [9.17, 15) is 0 Å². The third-order valence-corrected chi connectivity index (χ3v) is 5.48. The molecule has 3 atom stereocenters. The highest BCUT2D eigenvalue weighted by molar-refractivity contribution is 5.25. The number of nitrogens with zero attached hydrogens (tertiary/aromatic N) is 1. The van der Waals surface area contributed by atoms with Gasteiger partial charge in [-0.1, -0.05) is 43.7 Å². The summed E-state index contributed by atoms with van der Waals surface area (Å²) in [7, 11) is 0. The van der Waals surface area contributed by atoms with Gasteiger partial charge in [0, 0.05) is 25.2 Å². The smallest absolute Gasteiger partial charge is 0.0535 e.